The number of hydrogen-bond acceptors (Lipinski definition) is 3. The van der Waals surface area contributed by atoms with Gasteiger partial charge in [0.25, 0.3) is 0 Å². The predicted octanol–water partition coefficient (Wildman–Crippen LogP) is 2.13. The van der Waals surface area contributed by atoms with Crippen molar-refractivity contribution < 1.29 is 22.4 Å². The van der Waals surface area contributed by atoms with Crippen LogP contribution in [0.3, 0.4) is 0 Å². The normalized spacial score (nSPS) is 11.8. The van der Waals surface area contributed by atoms with E-state index in [1.165, 1.54) is 13.8 Å². The first kappa shape index (κ1) is 10.7. The monoisotopic (exact) mass is 207 g/mol. The van der Waals surface area contributed by atoms with Gasteiger partial charge in [-0.3, -0.25) is 4.79 Å². The number of aryl methyl sites for hydroxylation is 1. The van der Waals surface area contributed by atoms with Crippen LogP contribution < -0.4 is 0 Å². The molecule has 78 valence electrons. The van der Waals surface area contributed by atoms with Gasteiger partial charge >= 0.3 is 12.1 Å². The minimum Gasteiger partial charge on any atom is -0.437 e. The molecule has 0 spiro atoms. The second-order valence-corrected chi connectivity index (χ2v) is 2.90. The Morgan fingerprint density at radius 1 is 1.50 bits per heavy atom. The summed E-state index contributed by atoms with van der Waals surface area (Å²) in [4.78, 5) is 13.8. The fraction of sp³-hybridized carbons (Fsp3) is 0.500. The number of carbonyl (C=O) groups excluding carboxylic acids is 1. The zero-order chi connectivity index (χ0) is 10.9. The van der Waals surface area contributed by atoms with Gasteiger partial charge in [-0.1, -0.05) is 0 Å². The summed E-state index contributed by atoms with van der Waals surface area (Å²) >= 11 is 0. The van der Waals surface area contributed by atoms with Crippen molar-refractivity contribution in [2.24, 2.45) is 0 Å². The topological polar surface area (TPSA) is 43.1 Å². The number of ketones is 1. The standard InChI is InChI=1S/C8H8F3NO2/c1-4(13)3-6-5(2)12-7(14-6)8(9,10)11/h3H2,1-2H3. The largest absolute Gasteiger partial charge is 0.468 e. The lowest BCUT2D eigenvalue weighted by molar-refractivity contribution is -0.157. The van der Waals surface area contributed by atoms with E-state index in [0.29, 0.717) is 0 Å². The Bertz CT molecular complexity index is 354. The van der Waals surface area contributed by atoms with Crippen LogP contribution in [0.5, 0.6) is 0 Å². The lowest BCUT2D eigenvalue weighted by Crippen LogP contribution is -2.04. The Morgan fingerprint density at radius 2 is 2.07 bits per heavy atom. The molecule has 0 radical (unpaired) electrons. The van der Waals surface area contributed by atoms with E-state index in [1.807, 2.05) is 0 Å². The average molecular weight is 207 g/mol. The summed E-state index contributed by atoms with van der Waals surface area (Å²) in [6.45, 7) is 2.65. The van der Waals surface area contributed by atoms with Crippen molar-refractivity contribution in [2.75, 3.05) is 0 Å². The predicted molar refractivity (Wildman–Crippen MR) is 40.6 cm³/mol. The van der Waals surface area contributed by atoms with Crippen LogP contribution >= 0.6 is 0 Å². The van der Waals surface area contributed by atoms with E-state index < -0.39 is 12.1 Å². The number of rotatable bonds is 2. The minimum atomic E-state index is -4.60. The summed E-state index contributed by atoms with van der Waals surface area (Å²) in [6, 6.07) is 0. The van der Waals surface area contributed by atoms with E-state index in [4.69, 9.17) is 0 Å². The zero-order valence-corrected chi connectivity index (χ0v) is 7.60. The number of Topliss-reactive ketones (excluding diaryl/α,β-unsaturated/α-hetero) is 1. The van der Waals surface area contributed by atoms with E-state index in [-0.39, 0.29) is 23.7 Å². The van der Waals surface area contributed by atoms with E-state index in [1.54, 1.807) is 0 Å². The van der Waals surface area contributed by atoms with Crippen molar-refractivity contribution in [2.45, 2.75) is 26.4 Å². The van der Waals surface area contributed by atoms with Crippen molar-refractivity contribution in [1.82, 2.24) is 4.98 Å². The molecule has 0 atom stereocenters. The van der Waals surface area contributed by atoms with Crippen LogP contribution in [0.4, 0.5) is 13.2 Å². The van der Waals surface area contributed by atoms with Crippen molar-refractivity contribution in [3.05, 3.63) is 17.3 Å². The molecule has 0 aromatic carbocycles. The van der Waals surface area contributed by atoms with E-state index in [0.717, 1.165) is 0 Å². The van der Waals surface area contributed by atoms with Gasteiger partial charge in [-0.25, -0.2) is 4.98 Å². The zero-order valence-electron chi connectivity index (χ0n) is 7.60. The third-order valence-corrected chi connectivity index (χ3v) is 1.54. The summed E-state index contributed by atoms with van der Waals surface area (Å²) < 4.78 is 40.7. The van der Waals surface area contributed by atoms with Crippen LogP contribution in [0.15, 0.2) is 4.42 Å². The third-order valence-electron chi connectivity index (χ3n) is 1.54. The van der Waals surface area contributed by atoms with Crippen molar-refractivity contribution in [1.29, 1.82) is 0 Å². The average Bonchev–Trinajstić information content (AvgIpc) is 2.30. The highest BCUT2D eigenvalue weighted by atomic mass is 19.4. The molecule has 0 saturated carbocycles. The fourth-order valence-electron chi connectivity index (χ4n) is 0.939. The van der Waals surface area contributed by atoms with Gasteiger partial charge in [0, 0.05) is 0 Å². The second kappa shape index (κ2) is 3.43. The van der Waals surface area contributed by atoms with Gasteiger partial charge in [-0.15, -0.1) is 0 Å². The van der Waals surface area contributed by atoms with Crippen LogP contribution in [0.1, 0.15) is 24.3 Å². The van der Waals surface area contributed by atoms with Gasteiger partial charge in [0.05, 0.1) is 12.1 Å². The molecule has 1 aromatic rings. The maximum Gasteiger partial charge on any atom is 0.468 e. The van der Waals surface area contributed by atoms with Gasteiger partial charge < -0.3 is 4.42 Å². The maximum absolute atomic E-state index is 12.1. The number of aromatic nitrogens is 1. The Labute approximate surface area is 77.9 Å². The first-order valence-corrected chi connectivity index (χ1v) is 3.83. The lowest BCUT2D eigenvalue weighted by Gasteiger charge is -1.98. The molecular weight excluding hydrogens is 199 g/mol. The summed E-state index contributed by atoms with van der Waals surface area (Å²) in [6.07, 6.45) is -4.76. The van der Waals surface area contributed by atoms with Crippen LogP contribution in [-0.4, -0.2) is 10.8 Å². The molecule has 0 N–H and O–H groups in total. The summed E-state index contributed by atoms with van der Waals surface area (Å²) in [7, 11) is 0. The van der Waals surface area contributed by atoms with Crippen molar-refractivity contribution >= 4 is 5.78 Å². The number of halogens is 3. The molecule has 1 heterocycles. The van der Waals surface area contributed by atoms with Gasteiger partial charge in [0.2, 0.25) is 0 Å². The number of carbonyl (C=O) groups is 1. The molecule has 0 fully saturated rings. The van der Waals surface area contributed by atoms with Crippen LogP contribution in [0, 0.1) is 6.92 Å². The first-order chi connectivity index (χ1) is 6.30. The van der Waals surface area contributed by atoms with Crippen molar-refractivity contribution in [3.63, 3.8) is 0 Å². The maximum atomic E-state index is 12.1. The molecule has 1 rings (SSSR count). The molecule has 0 aliphatic rings. The lowest BCUT2D eigenvalue weighted by atomic mass is 10.2. The molecule has 0 aliphatic carbocycles. The highest BCUT2D eigenvalue weighted by molar-refractivity contribution is 5.77. The molecule has 1 aromatic heterocycles. The molecule has 0 bridgehead atoms. The fourth-order valence-corrected chi connectivity index (χ4v) is 0.939. The molecule has 0 saturated heterocycles. The molecule has 14 heavy (non-hydrogen) atoms. The molecule has 6 heteroatoms. The molecule has 0 aliphatic heterocycles. The summed E-state index contributed by atoms with van der Waals surface area (Å²) in [5.74, 6) is -1.59. The van der Waals surface area contributed by atoms with E-state index >= 15 is 0 Å². The molecular formula is C8H8F3NO2. The second-order valence-electron chi connectivity index (χ2n) is 2.90. The van der Waals surface area contributed by atoms with Crippen LogP contribution in [-0.2, 0) is 17.4 Å². The van der Waals surface area contributed by atoms with Gasteiger partial charge in [-0.2, -0.15) is 13.2 Å². The number of nitrogens with zero attached hydrogens (tertiary/aromatic N) is 1. The van der Waals surface area contributed by atoms with E-state index in [2.05, 4.69) is 9.40 Å². The Morgan fingerprint density at radius 3 is 2.43 bits per heavy atom. The van der Waals surface area contributed by atoms with Gasteiger partial charge in [0.15, 0.2) is 0 Å². The Kier molecular flexibility index (Phi) is 2.64. The minimum absolute atomic E-state index is 0.0233. The Hall–Kier alpha value is -1.33. The van der Waals surface area contributed by atoms with E-state index in [9.17, 15) is 18.0 Å². The van der Waals surface area contributed by atoms with Crippen LogP contribution in [0.2, 0.25) is 0 Å². The highest BCUT2D eigenvalue weighted by Crippen LogP contribution is 2.29. The number of hydrogen-bond donors (Lipinski definition) is 0. The highest BCUT2D eigenvalue weighted by Gasteiger charge is 2.38. The van der Waals surface area contributed by atoms with Gasteiger partial charge in [-0.05, 0) is 13.8 Å². The molecule has 3 nitrogen and oxygen atoms in total. The van der Waals surface area contributed by atoms with Crippen LogP contribution in [0.25, 0.3) is 0 Å². The summed E-state index contributed by atoms with van der Waals surface area (Å²) in [5, 5.41) is 0. The number of alkyl halides is 3. The molecule has 0 unspecified atom stereocenters. The quantitative estimate of drug-likeness (QED) is 0.746. The van der Waals surface area contributed by atoms with Gasteiger partial charge in [0.1, 0.15) is 11.5 Å². The summed E-state index contributed by atoms with van der Waals surface area (Å²) in [5.41, 5.74) is 0.104. The smallest absolute Gasteiger partial charge is 0.437 e. The van der Waals surface area contributed by atoms with Crippen molar-refractivity contribution in [3.8, 4) is 0 Å². The first-order valence-electron chi connectivity index (χ1n) is 3.83. The third kappa shape index (κ3) is 2.34. The molecule has 0 amide bonds. The Balaban J connectivity index is 2.99. The number of oxazole rings is 1. The SMILES string of the molecule is CC(=O)Cc1oc(C(F)(F)F)nc1C.